The number of benzene rings is 3. The van der Waals surface area contributed by atoms with Crippen LogP contribution in [0.25, 0.3) is 22.2 Å². The lowest BCUT2D eigenvalue weighted by molar-refractivity contribution is -0.139. The minimum absolute atomic E-state index is 0.258. The van der Waals surface area contributed by atoms with Crippen molar-refractivity contribution in [1.29, 1.82) is 0 Å². The monoisotopic (exact) mass is 446 g/mol. The highest BCUT2D eigenvalue weighted by Crippen LogP contribution is 2.34. The largest absolute Gasteiger partial charge is 0.489 e. The van der Waals surface area contributed by atoms with Crippen LogP contribution in [0, 0.1) is 12.8 Å². The number of aryl methyl sites for hydroxylation is 1. The molecular weight excluding hydrogens is 420 g/mol. The Bertz CT molecular complexity index is 1230. The van der Waals surface area contributed by atoms with Gasteiger partial charge in [0.25, 0.3) is 0 Å². The van der Waals surface area contributed by atoms with E-state index in [0.717, 1.165) is 33.3 Å². The molecule has 1 heterocycles. The summed E-state index contributed by atoms with van der Waals surface area (Å²) in [5.74, 6) is -0.500. The molecular formula is C26H26N2O3S. The summed E-state index contributed by atoms with van der Waals surface area (Å²) in [5.41, 5.74) is 6.56. The molecule has 164 valence electrons. The molecule has 0 amide bonds. The van der Waals surface area contributed by atoms with Gasteiger partial charge < -0.3 is 9.84 Å². The quantitative estimate of drug-likeness (QED) is 0.336. The van der Waals surface area contributed by atoms with Crippen LogP contribution in [0.3, 0.4) is 0 Å². The second-order valence-corrected chi connectivity index (χ2v) is 9.08. The third-order valence-corrected chi connectivity index (χ3v) is 6.01. The van der Waals surface area contributed by atoms with Crippen molar-refractivity contribution in [2.45, 2.75) is 39.7 Å². The number of aliphatic carboxylic acids is 1. The number of rotatable bonds is 8. The van der Waals surface area contributed by atoms with E-state index in [1.807, 2.05) is 62.4 Å². The number of ether oxygens (including phenoxy) is 1. The molecule has 4 rings (SSSR count). The molecule has 0 fully saturated rings. The number of fused-ring (bicyclic) bond motifs is 1. The molecule has 1 aromatic heterocycles. The maximum absolute atomic E-state index is 12.1. The van der Waals surface area contributed by atoms with Gasteiger partial charge in [0.15, 0.2) is 0 Å². The molecule has 3 aromatic carbocycles. The van der Waals surface area contributed by atoms with E-state index in [-0.39, 0.29) is 5.92 Å². The van der Waals surface area contributed by atoms with E-state index >= 15 is 0 Å². The van der Waals surface area contributed by atoms with E-state index in [1.165, 1.54) is 17.3 Å². The van der Waals surface area contributed by atoms with Crippen LogP contribution in [0.1, 0.15) is 42.9 Å². The number of hydrogen-bond donors (Lipinski definition) is 1. The molecule has 0 aliphatic carbocycles. The second kappa shape index (κ2) is 9.49. The minimum Gasteiger partial charge on any atom is -0.489 e. The van der Waals surface area contributed by atoms with Gasteiger partial charge >= 0.3 is 5.97 Å². The number of carboxylic acids is 1. The number of carboxylic acid groups (broad SMARTS) is 1. The van der Waals surface area contributed by atoms with E-state index in [9.17, 15) is 9.90 Å². The first kappa shape index (κ1) is 22.0. The summed E-state index contributed by atoms with van der Waals surface area (Å²) in [5, 5.41) is 9.92. The third kappa shape index (κ3) is 5.14. The topological polar surface area (TPSA) is 72.3 Å². The first-order chi connectivity index (χ1) is 15.4. The van der Waals surface area contributed by atoms with Gasteiger partial charge in [-0.05, 0) is 65.8 Å². The van der Waals surface area contributed by atoms with Gasteiger partial charge in [0.05, 0.1) is 17.6 Å². The number of nitrogens with zero attached hydrogens (tertiary/aromatic N) is 2. The number of aromatic nitrogens is 2. The van der Waals surface area contributed by atoms with E-state index in [1.54, 1.807) is 0 Å². The van der Waals surface area contributed by atoms with Crippen molar-refractivity contribution < 1.29 is 14.6 Å². The van der Waals surface area contributed by atoms with Crippen molar-refractivity contribution in [2.24, 2.45) is 5.92 Å². The summed E-state index contributed by atoms with van der Waals surface area (Å²) in [4.78, 5) is 12.1. The Hall–Kier alpha value is -3.25. The molecule has 0 radical (unpaired) electrons. The van der Waals surface area contributed by atoms with Crippen molar-refractivity contribution >= 4 is 28.7 Å². The Balaban J connectivity index is 1.72. The third-order valence-electron chi connectivity index (χ3n) is 5.45. The van der Waals surface area contributed by atoms with Gasteiger partial charge in [0.1, 0.15) is 23.4 Å². The fraction of sp³-hybridized carbons (Fsp3) is 0.269. The van der Waals surface area contributed by atoms with Crippen molar-refractivity contribution in [3.05, 3.63) is 77.4 Å². The van der Waals surface area contributed by atoms with Gasteiger partial charge in [0.2, 0.25) is 0 Å². The van der Waals surface area contributed by atoms with Crippen molar-refractivity contribution in [3.63, 3.8) is 0 Å². The fourth-order valence-corrected chi connectivity index (χ4v) is 4.25. The van der Waals surface area contributed by atoms with Gasteiger partial charge in [-0.1, -0.05) is 55.8 Å². The Morgan fingerprint density at radius 2 is 1.72 bits per heavy atom. The van der Waals surface area contributed by atoms with Gasteiger partial charge in [0, 0.05) is 0 Å². The van der Waals surface area contributed by atoms with E-state index in [2.05, 4.69) is 27.8 Å². The lowest BCUT2D eigenvalue weighted by Crippen LogP contribution is -2.14. The normalized spacial score (nSPS) is 12.2. The average Bonchev–Trinajstić information content (AvgIpc) is 3.24. The summed E-state index contributed by atoms with van der Waals surface area (Å²) < 4.78 is 14.7. The van der Waals surface area contributed by atoms with Crippen molar-refractivity contribution in [2.75, 3.05) is 0 Å². The van der Waals surface area contributed by atoms with Crippen LogP contribution >= 0.6 is 11.7 Å². The maximum atomic E-state index is 12.1. The molecule has 32 heavy (non-hydrogen) atoms. The molecule has 6 heteroatoms. The zero-order valence-corrected chi connectivity index (χ0v) is 19.2. The van der Waals surface area contributed by atoms with Crippen molar-refractivity contribution in [3.8, 4) is 16.9 Å². The van der Waals surface area contributed by atoms with E-state index < -0.39 is 11.9 Å². The predicted octanol–water partition coefficient (Wildman–Crippen LogP) is 6.46. The number of hydrogen-bond acceptors (Lipinski definition) is 5. The molecule has 4 aromatic rings. The van der Waals surface area contributed by atoms with Crippen LogP contribution in [0.5, 0.6) is 5.75 Å². The van der Waals surface area contributed by atoms with Gasteiger partial charge in [-0.15, -0.1) is 0 Å². The molecule has 5 nitrogen and oxygen atoms in total. The van der Waals surface area contributed by atoms with E-state index in [4.69, 9.17) is 4.74 Å². The fourth-order valence-electron chi connectivity index (χ4n) is 3.74. The van der Waals surface area contributed by atoms with Gasteiger partial charge in [-0.25, -0.2) is 0 Å². The van der Waals surface area contributed by atoms with Crippen LogP contribution in [0.4, 0.5) is 0 Å². The Morgan fingerprint density at radius 1 is 0.969 bits per heavy atom. The molecule has 0 aliphatic rings. The average molecular weight is 447 g/mol. The van der Waals surface area contributed by atoms with Crippen molar-refractivity contribution in [1.82, 2.24) is 8.75 Å². The highest BCUT2D eigenvalue weighted by atomic mass is 32.1. The SMILES string of the molecule is Cc1ccc(COc2cc(-c3ccc4nsnc4c3)cc(C(CC(C)C)C(=O)O)c2)cc1. The molecule has 0 aliphatic heterocycles. The summed E-state index contributed by atoms with van der Waals surface area (Å²) in [6.07, 6.45) is 0.561. The maximum Gasteiger partial charge on any atom is 0.310 e. The summed E-state index contributed by atoms with van der Waals surface area (Å²) in [6, 6.07) is 19.9. The van der Waals surface area contributed by atoms with Gasteiger partial charge in [-0.3, -0.25) is 4.79 Å². The predicted molar refractivity (Wildman–Crippen MR) is 128 cm³/mol. The molecule has 1 atom stereocenters. The number of carbonyl (C=O) groups is 1. The first-order valence-corrected chi connectivity index (χ1v) is 11.4. The zero-order valence-electron chi connectivity index (χ0n) is 18.4. The molecule has 0 spiro atoms. The molecule has 1 unspecified atom stereocenters. The smallest absolute Gasteiger partial charge is 0.310 e. The van der Waals surface area contributed by atoms with Crippen LogP contribution < -0.4 is 4.74 Å². The zero-order chi connectivity index (χ0) is 22.7. The molecule has 0 saturated carbocycles. The Morgan fingerprint density at radius 3 is 2.44 bits per heavy atom. The van der Waals surface area contributed by atoms with Crippen LogP contribution in [0.15, 0.2) is 60.7 Å². The summed E-state index contributed by atoms with van der Waals surface area (Å²) in [7, 11) is 0. The Labute approximate surface area is 192 Å². The Kier molecular flexibility index (Phi) is 6.51. The molecule has 0 bridgehead atoms. The highest BCUT2D eigenvalue weighted by molar-refractivity contribution is 7.00. The molecule has 1 N–H and O–H groups in total. The lowest BCUT2D eigenvalue weighted by Gasteiger charge is -2.18. The summed E-state index contributed by atoms with van der Waals surface area (Å²) >= 11 is 1.18. The minimum atomic E-state index is -0.820. The van der Waals surface area contributed by atoms with Crippen LogP contribution in [-0.2, 0) is 11.4 Å². The molecule has 0 saturated heterocycles. The van der Waals surface area contributed by atoms with Gasteiger partial charge in [-0.2, -0.15) is 8.75 Å². The lowest BCUT2D eigenvalue weighted by atomic mass is 9.88. The van der Waals surface area contributed by atoms with E-state index in [0.29, 0.717) is 18.8 Å². The standard InChI is InChI=1S/C26H26N2O3S/c1-16(2)10-23(26(29)30)21-11-20(19-8-9-24-25(14-19)28-32-27-24)12-22(13-21)31-15-18-6-4-17(3)5-7-18/h4-9,11-14,16,23H,10,15H2,1-3H3,(H,29,30). The first-order valence-electron chi connectivity index (χ1n) is 10.7. The van der Waals surface area contributed by atoms with Crippen LogP contribution in [0.2, 0.25) is 0 Å². The van der Waals surface area contributed by atoms with Crippen LogP contribution in [-0.4, -0.2) is 19.8 Å². The summed E-state index contributed by atoms with van der Waals surface area (Å²) in [6.45, 7) is 6.55. The highest BCUT2D eigenvalue weighted by Gasteiger charge is 2.23. The second-order valence-electron chi connectivity index (χ2n) is 8.55.